The van der Waals surface area contributed by atoms with Crippen LogP contribution in [0.25, 0.3) is 6.08 Å². The lowest BCUT2D eigenvalue weighted by atomic mass is 10.1. The summed E-state index contributed by atoms with van der Waals surface area (Å²) in [5.41, 5.74) is 1.44. The van der Waals surface area contributed by atoms with Crippen LogP contribution in [0.15, 0.2) is 30.3 Å². The molecule has 1 aromatic rings. The number of benzene rings is 1. The van der Waals surface area contributed by atoms with Crippen molar-refractivity contribution in [2.24, 2.45) is 0 Å². The van der Waals surface area contributed by atoms with Gasteiger partial charge in [-0.3, -0.25) is 4.79 Å². The maximum absolute atomic E-state index is 11.4. The van der Waals surface area contributed by atoms with E-state index in [2.05, 4.69) is 5.32 Å². The lowest BCUT2D eigenvalue weighted by Gasteiger charge is -2.05. The van der Waals surface area contributed by atoms with Gasteiger partial charge in [0.25, 0.3) is 0 Å². The van der Waals surface area contributed by atoms with Gasteiger partial charge in [0.1, 0.15) is 0 Å². The van der Waals surface area contributed by atoms with E-state index >= 15 is 0 Å². The summed E-state index contributed by atoms with van der Waals surface area (Å²) in [4.78, 5) is 22.5. The molecule has 0 aromatic heterocycles. The van der Waals surface area contributed by atoms with E-state index in [1.165, 1.54) is 13.0 Å². The van der Waals surface area contributed by atoms with E-state index in [9.17, 15) is 9.59 Å². The van der Waals surface area contributed by atoms with E-state index in [-0.39, 0.29) is 11.9 Å². The highest BCUT2D eigenvalue weighted by Crippen LogP contribution is 2.16. The molecule has 0 spiro atoms. The number of anilines is 1. The predicted octanol–water partition coefficient (Wildman–Crippen LogP) is 3.00. The lowest BCUT2D eigenvalue weighted by molar-refractivity contribution is -0.137. The van der Waals surface area contributed by atoms with Crippen LogP contribution in [0.2, 0.25) is 0 Å². The second-order valence-corrected chi connectivity index (χ2v) is 4.12. The van der Waals surface area contributed by atoms with Gasteiger partial charge in [-0.1, -0.05) is 31.5 Å². The van der Waals surface area contributed by atoms with Crippen molar-refractivity contribution in [1.82, 2.24) is 0 Å². The SMILES string of the molecule is CCCCOC(=O)/C=C/c1ccccc1NC(C)=O. The molecule has 0 saturated heterocycles. The van der Waals surface area contributed by atoms with E-state index in [1.807, 2.05) is 25.1 Å². The molecule has 102 valence electrons. The number of nitrogens with one attached hydrogen (secondary N) is 1. The van der Waals surface area contributed by atoms with E-state index in [0.29, 0.717) is 12.3 Å². The van der Waals surface area contributed by atoms with E-state index in [4.69, 9.17) is 4.74 Å². The van der Waals surface area contributed by atoms with Gasteiger partial charge in [-0.15, -0.1) is 0 Å². The number of hydrogen-bond donors (Lipinski definition) is 1. The van der Waals surface area contributed by atoms with Crippen molar-refractivity contribution < 1.29 is 14.3 Å². The van der Waals surface area contributed by atoms with Crippen LogP contribution in [0.1, 0.15) is 32.3 Å². The average molecular weight is 261 g/mol. The molecule has 4 heteroatoms. The zero-order chi connectivity index (χ0) is 14.1. The fraction of sp³-hybridized carbons (Fsp3) is 0.333. The molecule has 0 fully saturated rings. The van der Waals surface area contributed by atoms with Crippen molar-refractivity contribution in [2.75, 3.05) is 11.9 Å². The van der Waals surface area contributed by atoms with Crippen molar-refractivity contribution >= 4 is 23.6 Å². The molecule has 0 aliphatic rings. The molecule has 1 rings (SSSR count). The fourth-order valence-corrected chi connectivity index (χ4v) is 1.47. The van der Waals surface area contributed by atoms with Crippen LogP contribution in [0.4, 0.5) is 5.69 Å². The summed E-state index contributed by atoms with van der Waals surface area (Å²) in [6, 6.07) is 7.26. The molecule has 0 radical (unpaired) electrons. The molecular formula is C15H19NO3. The van der Waals surface area contributed by atoms with E-state index in [0.717, 1.165) is 18.4 Å². The first-order chi connectivity index (χ1) is 9.13. The minimum atomic E-state index is -0.369. The summed E-state index contributed by atoms with van der Waals surface area (Å²) in [6.45, 7) is 3.92. The third-order valence-corrected chi connectivity index (χ3v) is 2.41. The van der Waals surface area contributed by atoms with Crippen LogP contribution >= 0.6 is 0 Å². The predicted molar refractivity (Wildman–Crippen MR) is 75.6 cm³/mol. The standard InChI is InChI=1S/C15H19NO3/c1-3-4-11-19-15(18)10-9-13-7-5-6-8-14(13)16-12(2)17/h5-10H,3-4,11H2,1-2H3,(H,16,17)/b10-9+. The Morgan fingerprint density at radius 3 is 2.74 bits per heavy atom. The first kappa shape index (κ1) is 15.0. The number of hydrogen-bond acceptors (Lipinski definition) is 3. The molecule has 0 aliphatic carbocycles. The van der Waals surface area contributed by atoms with Gasteiger partial charge in [0.15, 0.2) is 0 Å². The molecule has 0 bridgehead atoms. The van der Waals surface area contributed by atoms with Gasteiger partial charge in [-0.05, 0) is 24.1 Å². The Kier molecular flexibility index (Phi) is 6.36. The quantitative estimate of drug-likeness (QED) is 0.486. The third-order valence-electron chi connectivity index (χ3n) is 2.41. The largest absolute Gasteiger partial charge is 0.463 e. The van der Waals surface area contributed by atoms with Gasteiger partial charge >= 0.3 is 5.97 Å². The summed E-state index contributed by atoms with van der Waals surface area (Å²) in [6.07, 6.45) is 4.86. The normalized spacial score (nSPS) is 10.4. The van der Waals surface area contributed by atoms with Crippen LogP contribution in [0.5, 0.6) is 0 Å². The van der Waals surface area contributed by atoms with Gasteiger partial charge in [0.05, 0.1) is 6.61 Å². The molecule has 4 nitrogen and oxygen atoms in total. The molecule has 0 atom stereocenters. The number of esters is 1. The van der Waals surface area contributed by atoms with Crippen molar-refractivity contribution in [3.8, 4) is 0 Å². The number of amides is 1. The Labute approximate surface area is 113 Å². The maximum Gasteiger partial charge on any atom is 0.330 e. The molecule has 19 heavy (non-hydrogen) atoms. The number of para-hydroxylation sites is 1. The van der Waals surface area contributed by atoms with Crippen molar-refractivity contribution in [3.05, 3.63) is 35.9 Å². The van der Waals surface area contributed by atoms with Gasteiger partial charge < -0.3 is 10.1 Å². The second-order valence-electron chi connectivity index (χ2n) is 4.12. The Morgan fingerprint density at radius 1 is 1.32 bits per heavy atom. The molecule has 0 aliphatic heterocycles. The summed E-state index contributed by atoms with van der Waals surface area (Å²) in [5.74, 6) is -0.516. The monoisotopic (exact) mass is 261 g/mol. The van der Waals surface area contributed by atoms with Crippen molar-refractivity contribution in [3.63, 3.8) is 0 Å². The molecule has 0 saturated carbocycles. The summed E-state index contributed by atoms with van der Waals surface area (Å²) >= 11 is 0. The Bertz CT molecular complexity index is 466. The highest BCUT2D eigenvalue weighted by molar-refractivity contribution is 5.93. The minimum Gasteiger partial charge on any atom is -0.463 e. The van der Waals surface area contributed by atoms with Gasteiger partial charge in [0, 0.05) is 18.7 Å². The number of carbonyl (C=O) groups is 2. The van der Waals surface area contributed by atoms with Crippen LogP contribution in [-0.4, -0.2) is 18.5 Å². The minimum absolute atomic E-state index is 0.147. The summed E-state index contributed by atoms with van der Waals surface area (Å²) in [7, 11) is 0. The summed E-state index contributed by atoms with van der Waals surface area (Å²) < 4.78 is 5.01. The highest BCUT2D eigenvalue weighted by atomic mass is 16.5. The zero-order valence-electron chi connectivity index (χ0n) is 11.3. The molecule has 0 unspecified atom stereocenters. The number of rotatable bonds is 6. The molecular weight excluding hydrogens is 242 g/mol. The lowest BCUT2D eigenvalue weighted by Crippen LogP contribution is -2.07. The van der Waals surface area contributed by atoms with E-state index in [1.54, 1.807) is 12.1 Å². The second kappa shape index (κ2) is 8.08. The van der Waals surface area contributed by atoms with Gasteiger partial charge in [-0.25, -0.2) is 4.79 Å². The Hall–Kier alpha value is -2.10. The van der Waals surface area contributed by atoms with Gasteiger partial charge in [-0.2, -0.15) is 0 Å². The van der Waals surface area contributed by atoms with Crippen LogP contribution < -0.4 is 5.32 Å². The Morgan fingerprint density at radius 2 is 2.05 bits per heavy atom. The Balaban J connectivity index is 2.65. The van der Waals surface area contributed by atoms with Gasteiger partial charge in [0.2, 0.25) is 5.91 Å². The first-order valence-corrected chi connectivity index (χ1v) is 6.35. The molecule has 1 amide bonds. The average Bonchev–Trinajstić information content (AvgIpc) is 2.37. The fourth-order valence-electron chi connectivity index (χ4n) is 1.47. The number of unbranched alkanes of at least 4 members (excludes halogenated alkanes) is 1. The molecule has 1 N–H and O–H groups in total. The van der Waals surface area contributed by atoms with Crippen molar-refractivity contribution in [2.45, 2.75) is 26.7 Å². The van der Waals surface area contributed by atoms with Crippen molar-refractivity contribution in [1.29, 1.82) is 0 Å². The highest BCUT2D eigenvalue weighted by Gasteiger charge is 2.01. The third kappa shape index (κ3) is 5.86. The zero-order valence-corrected chi connectivity index (χ0v) is 11.3. The smallest absolute Gasteiger partial charge is 0.330 e. The van der Waals surface area contributed by atoms with Crippen LogP contribution in [0.3, 0.4) is 0 Å². The maximum atomic E-state index is 11.4. The van der Waals surface area contributed by atoms with E-state index < -0.39 is 0 Å². The number of carbonyl (C=O) groups excluding carboxylic acids is 2. The molecule has 0 heterocycles. The first-order valence-electron chi connectivity index (χ1n) is 6.35. The van der Waals surface area contributed by atoms with Crippen LogP contribution in [0, 0.1) is 0 Å². The topological polar surface area (TPSA) is 55.4 Å². The molecule has 1 aromatic carbocycles. The number of ether oxygens (including phenoxy) is 1. The summed E-state index contributed by atoms with van der Waals surface area (Å²) in [5, 5.41) is 2.71. The van der Waals surface area contributed by atoms with Crippen LogP contribution in [-0.2, 0) is 14.3 Å².